The van der Waals surface area contributed by atoms with E-state index in [1.54, 1.807) is 0 Å². The average Bonchev–Trinajstić information content (AvgIpc) is 2.99. The Kier molecular flexibility index (Phi) is 49.0. The van der Waals surface area contributed by atoms with Gasteiger partial charge >= 0.3 is 6.03 Å². The van der Waals surface area contributed by atoms with Crippen LogP contribution in [0.25, 0.3) is 0 Å². The molecule has 3 amide bonds. The summed E-state index contributed by atoms with van der Waals surface area (Å²) >= 11 is 3.26. The van der Waals surface area contributed by atoms with Crippen molar-refractivity contribution in [2.75, 3.05) is 0 Å². The van der Waals surface area contributed by atoms with Gasteiger partial charge in [0.05, 0.1) is 0 Å². The van der Waals surface area contributed by atoms with E-state index < -0.39 is 10.4 Å². The number of hydrogen-bond acceptors (Lipinski definition) is 2. The van der Waals surface area contributed by atoms with Gasteiger partial charge in [-0.15, -0.1) is 0 Å². The van der Waals surface area contributed by atoms with Crippen LogP contribution in [0.1, 0.15) is 222 Å². The summed E-state index contributed by atoms with van der Waals surface area (Å²) in [4.78, 5) is 21.6. The number of nitrogens with two attached hydrogens (primary N) is 1. The van der Waals surface area contributed by atoms with Crippen LogP contribution < -0.4 is 11.1 Å². The van der Waals surface area contributed by atoms with E-state index in [4.69, 9.17) is 5.73 Å². The highest BCUT2D eigenvalue weighted by molar-refractivity contribution is 9.10. The number of amides is 3. The second-order valence-electron chi connectivity index (χ2n) is 11.9. The van der Waals surface area contributed by atoms with Gasteiger partial charge in [-0.05, 0) is 12.8 Å². The van der Waals surface area contributed by atoms with Crippen molar-refractivity contribution in [3.8, 4) is 0 Å². The Morgan fingerprint density at radius 2 is 0.643 bits per heavy atom. The molecule has 0 aliphatic rings. The second-order valence-corrected chi connectivity index (χ2v) is 13.4. The smallest absolute Gasteiger partial charge is 0.318 e. The van der Waals surface area contributed by atoms with E-state index in [9.17, 15) is 9.59 Å². The van der Waals surface area contributed by atoms with Gasteiger partial charge in [-0.2, -0.15) is 0 Å². The Balaban J connectivity index is -0.000000230. The molecule has 0 fully saturated rings. The molecule has 0 spiro atoms. The van der Waals surface area contributed by atoms with Gasteiger partial charge < -0.3 is 5.73 Å². The van der Waals surface area contributed by atoms with Crippen molar-refractivity contribution in [1.29, 1.82) is 0 Å². The van der Waals surface area contributed by atoms with Gasteiger partial charge in [0.25, 0.3) is 0 Å². The molecule has 0 rings (SSSR count). The van der Waals surface area contributed by atoms with Crippen molar-refractivity contribution >= 4 is 27.9 Å². The fourth-order valence-electron chi connectivity index (χ4n) is 4.42. The lowest BCUT2D eigenvalue weighted by Crippen LogP contribution is -2.46. The van der Waals surface area contributed by atoms with Crippen LogP contribution in [0.4, 0.5) is 4.79 Å². The van der Waals surface area contributed by atoms with Crippen LogP contribution in [0.2, 0.25) is 0 Å². The Morgan fingerprint density at radius 1 is 0.452 bits per heavy atom. The lowest BCUT2D eigenvalue weighted by atomic mass is 10.0. The van der Waals surface area contributed by atoms with Crippen LogP contribution in [-0.4, -0.2) is 16.3 Å². The summed E-state index contributed by atoms with van der Waals surface area (Å²) in [5.41, 5.74) is 4.81. The zero-order chi connectivity index (χ0) is 32.7. The predicted octanol–water partition coefficient (Wildman–Crippen LogP) is 13.6. The maximum Gasteiger partial charge on any atom is 0.318 e. The average molecular weight is 664 g/mol. The molecule has 42 heavy (non-hydrogen) atoms. The summed E-state index contributed by atoms with van der Waals surface area (Å²) in [5, 5.41) is 2.04. The predicted molar refractivity (Wildman–Crippen MR) is 195 cm³/mol. The van der Waals surface area contributed by atoms with E-state index in [0.29, 0.717) is 12.8 Å². The van der Waals surface area contributed by atoms with Gasteiger partial charge in [-0.1, -0.05) is 225 Å². The number of urea groups is 1. The van der Waals surface area contributed by atoms with Crippen LogP contribution in [0.3, 0.4) is 0 Å². The molecule has 0 atom stereocenters. The minimum atomic E-state index is -0.814. The van der Waals surface area contributed by atoms with E-state index in [1.165, 1.54) is 154 Å². The molecule has 0 aliphatic heterocycles. The summed E-state index contributed by atoms with van der Waals surface area (Å²) in [7, 11) is 0. The molecule has 0 aromatic heterocycles. The number of primary amides is 1. The third-order valence-corrected chi connectivity index (χ3v) is 9.12. The highest BCUT2D eigenvalue weighted by Crippen LogP contribution is 2.26. The number of carbonyl (C=O) groups is 2. The molecule has 0 saturated heterocycles. The first kappa shape index (κ1) is 48.3. The molecule has 0 radical (unpaired) electrons. The Bertz CT molecular complexity index is 448. The van der Waals surface area contributed by atoms with Gasteiger partial charge in [0.1, 0.15) is 4.32 Å². The number of carbonyl (C=O) groups excluding carboxylic acids is 2. The molecule has 0 heterocycles. The van der Waals surface area contributed by atoms with Crippen molar-refractivity contribution in [3.63, 3.8) is 0 Å². The number of unbranched alkanes of at least 4 members (excludes halogenated alkanes) is 21. The van der Waals surface area contributed by atoms with Gasteiger partial charge in [-0.25, -0.2) is 4.79 Å². The standard InChI is InChI=1S/3C10H22.C7H13BrN2O2/c3*1-3-5-7-9-10-8-6-4-2;1-3-7(8,4-2)5(11)10-6(9)12/h3*3-10H2,1-2H3;3-4H2,1-2H3,(H3,9,10,11,12). The van der Waals surface area contributed by atoms with Crippen molar-refractivity contribution in [2.45, 2.75) is 227 Å². The molecular weight excluding hydrogens is 584 g/mol. The fraction of sp³-hybridized carbons (Fsp3) is 0.946. The molecule has 0 aromatic rings. The summed E-state index contributed by atoms with van der Waals surface area (Å²) in [6, 6.07) is -0.814. The van der Waals surface area contributed by atoms with E-state index in [1.807, 2.05) is 19.2 Å². The maximum absolute atomic E-state index is 11.3. The minimum absolute atomic E-state index is 0.375. The first-order valence-electron chi connectivity index (χ1n) is 18.5. The molecule has 4 nitrogen and oxygen atoms in total. The van der Waals surface area contributed by atoms with Crippen LogP contribution in [-0.2, 0) is 4.79 Å². The van der Waals surface area contributed by atoms with Crippen LogP contribution in [0, 0.1) is 0 Å². The van der Waals surface area contributed by atoms with Crippen LogP contribution in [0.5, 0.6) is 0 Å². The summed E-state index contributed by atoms with van der Waals surface area (Å²) in [5.74, 6) is -0.375. The molecule has 0 aromatic carbocycles. The van der Waals surface area contributed by atoms with Gasteiger partial charge in [0.2, 0.25) is 5.91 Å². The Hall–Kier alpha value is -0.580. The number of alkyl halides is 1. The highest BCUT2D eigenvalue weighted by atomic mass is 79.9. The lowest BCUT2D eigenvalue weighted by molar-refractivity contribution is -0.122. The summed E-state index contributed by atoms with van der Waals surface area (Å²) in [6.07, 6.45) is 35.6. The largest absolute Gasteiger partial charge is 0.351 e. The lowest BCUT2D eigenvalue weighted by Gasteiger charge is -2.21. The maximum atomic E-state index is 11.3. The number of hydrogen-bond donors (Lipinski definition) is 2. The van der Waals surface area contributed by atoms with Crippen LogP contribution in [0.15, 0.2) is 0 Å². The van der Waals surface area contributed by atoms with E-state index in [0.717, 1.165) is 0 Å². The number of nitrogens with one attached hydrogen (secondary N) is 1. The normalized spacial score (nSPS) is 10.4. The number of imide groups is 1. The molecule has 256 valence electrons. The van der Waals surface area contributed by atoms with Gasteiger partial charge in [0, 0.05) is 0 Å². The van der Waals surface area contributed by atoms with Crippen molar-refractivity contribution in [2.24, 2.45) is 5.73 Å². The quantitative estimate of drug-likeness (QED) is 0.0797. The summed E-state index contributed by atoms with van der Waals surface area (Å²) in [6.45, 7) is 17.3. The first-order valence-corrected chi connectivity index (χ1v) is 19.3. The topological polar surface area (TPSA) is 72.2 Å². The summed E-state index contributed by atoms with van der Waals surface area (Å²) < 4.78 is -0.665. The van der Waals surface area contributed by atoms with Crippen molar-refractivity contribution in [3.05, 3.63) is 0 Å². The fourth-order valence-corrected chi connectivity index (χ4v) is 4.52. The number of rotatable bonds is 24. The van der Waals surface area contributed by atoms with Crippen molar-refractivity contribution in [1.82, 2.24) is 5.32 Å². The van der Waals surface area contributed by atoms with E-state index >= 15 is 0 Å². The molecule has 0 bridgehead atoms. The third-order valence-electron chi connectivity index (χ3n) is 7.64. The van der Waals surface area contributed by atoms with E-state index in [2.05, 4.69) is 57.5 Å². The van der Waals surface area contributed by atoms with Gasteiger partial charge in [0.15, 0.2) is 0 Å². The molecule has 3 N–H and O–H groups in total. The highest BCUT2D eigenvalue weighted by Gasteiger charge is 2.32. The van der Waals surface area contributed by atoms with Crippen LogP contribution >= 0.6 is 15.9 Å². The molecule has 5 heteroatoms. The first-order chi connectivity index (χ1) is 20.2. The monoisotopic (exact) mass is 663 g/mol. The van der Waals surface area contributed by atoms with E-state index in [-0.39, 0.29) is 5.91 Å². The number of halogens is 1. The zero-order valence-electron chi connectivity index (χ0n) is 30.2. The molecule has 0 aliphatic carbocycles. The third kappa shape index (κ3) is 43.9. The zero-order valence-corrected chi connectivity index (χ0v) is 31.7. The van der Waals surface area contributed by atoms with Gasteiger partial charge in [-0.3, -0.25) is 10.1 Å². The molecule has 0 saturated carbocycles. The SMILES string of the molecule is CCC(Br)(CC)C(=O)NC(N)=O.CCCCCCCCCC.CCCCCCCCCC.CCCCCCCCCC. The Labute approximate surface area is 274 Å². The molecule has 0 unspecified atom stereocenters. The van der Waals surface area contributed by atoms with Crippen molar-refractivity contribution < 1.29 is 9.59 Å². The second kappa shape index (κ2) is 42.6. The minimum Gasteiger partial charge on any atom is -0.351 e. The molecular formula is C37H79BrN2O2. The Morgan fingerprint density at radius 3 is 0.786 bits per heavy atom.